The zero-order valence-electron chi connectivity index (χ0n) is 10.9. The van der Waals surface area contributed by atoms with E-state index in [4.69, 9.17) is 15.2 Å². The Kier molecular flexibility index (Phi) is 5.20. The maximum absolute atomic E-state index is 6.12. The van der Waals surface area contributed by atoms with Crippen LogP contribution in [0.4, 0.5) is 5.69 Å². The van der Waals surface area contributed by atoms with Crippen LogP contribution in [0.25, 0.3) is 0 Å². The molecule has 0 aromatic heterocycles. The second-order valence-corrected chi connectivity index (χ2v) is 5.52. The first kappa shape index (κ1) is 13.6. The summed E-state index contributed by atoms with van der Waals surface area (Å²) < 4.78 is 11.2. The summed E-state index contributed by atoms with van der Waals surface area (Å²) in [5.74, 6) is 1.77. The molecule has 3 nitrogen and oxygen atoms in total. The highest BCUT2D eigenvalue weighted by Gasteiger charge is 2.16. The summed E-state index contributed by atoms with van der Waals surface area (Å²) in [5, 5.41) is 0. The third-order valence-corrected chi connectivity index (χ3v) is 4.14. The van der Waals surface area contributed by atoms with Gasteiger partial charge in [0.05, 0.1) is 18.4 Å². The second kappa shape index (κ2) is 6.90. The normalized spacial score (nSPS) is 19.1. The lowest BCUT2D eigenvalue weighted by Gasteiger charge is -2.13. The van der Waals surface area contributed by atoms with Gasteiger partial charge in [0, 0.05) is 17.3 Å². The van der Waals surface area contributed by atoms with Crippen LogP contribution in [0.5, 0.6) is 5.75 Å². The van der Waals surface area contributed by atoms with Crippen LogP contribution in [0, 0.1) is 0 Å². The molecule has 0 bridgehead atoms. The molecule has 1 unspecified atom stereocenters. The molecular weight excluding hydrogens is 246 g/mol. The van der Waals surface area contributed by atoms with Crippen molar-refractivity contribution in [1.82, 2.24) is 0 Å². The summed E-state index contributed by atoms with van der Waals surface area (Å²) in [6, 6.07) is 5.98. The van der Waals surface area contributed by atoms with Crippen LogP contribution in [0.1, 0.15) is 26.2 Å². The minimum atomic E-state index is 0.384. The van der Waals surface area contributed by atoms with Crippen molar-refractivity contribution in [3.8, 4) is 5.75 Å². The molecule has 0 spiro atoms. The molecule has 100 valence electrons. The molecule has 1 aromatic rings. The summed E-state index contributed by atoms with van der Waals surface area (Å²) in [6.07, 6.45) is 3.72. The average Bonchev–Trinajstić information content (AvgIpc) is 2.89. The Labute approximate surface area is 113 Å². The Hall–Kier alpha value is -0.870. The third-order valence-electron chi connectivity index (χ3n) is 2.94. The summed E-state index contributed by atoms with van der Waals surface area (Å²) in [5.41, 5.74) is 6.88. The van der Waals surface area contributed by atoms with E-state index in [1.807, 2.05) is 18.2 Å². The molecule has 1 aliphatic rings. The molecular formula is C14H21NO2S. The van der Waals surface area contributed by atoms with Crippen LogP contribution in [-0.2, 0) is 4.74 Å². The highest BCUT2D eigenvalue weighted by molar-refractivity contribution is 7.99. The molecule has 1 fully saturated rings. The van der Waals surface area contributed by atoms with Crippen molar-refractivity contribution in [2.45, 2.75) is 37.2 Å². The number of para-hydroxylation sites is 1. The van der Waals surface area contributed by atoms with Crippen molar-refractivity contribution in [1.29, 1.82) is 0 Å². The van der Waals surface area contributed by atoms with Crippen LogP contribution >= 0.6 is 11.8 Å². The van der Waals surface area contributed by atoms with Gasteiger partial charge in [0.1, 0.15) is 5.75 Å². The fraction of sp³-hybridized carbons (Fsp3) is 0.571. The summed E-state index contributed by atoms with van der Waals surface area (Å²) in [6.45, 7) is 3.70. The van der Waals surface area contributed by atoms with Crippen LogP contribution in [0.15, 0.2) is 23.1 Å². The molecule has 4 heteroatoms. The maximum atomic E-state index is 6.12. The number of hydrogen-bond donors (Lipinski definition) is 1. The predicted octanol–water partition coefficient (Wildman–Crippen LogP) is 3.33. The molecule has 1 aliphatic heterocycles. The number of thioether (sulfide) groups is 1. The van der Waals surface area contributed by atoms with Crippen LogP contribution in [-0.4, -0.2) is 25.1 Å². The highest BCUT2D eigenvalue weighted by Crippen LogP contribution is 2.34. The quantitative estimate of drug-likeness (QED) is 0.634. The van der Waals surface area contributed by atoms with Gasteiger partial charge in [-0.05, 0) is 31.4 Å². The molecule has 1 heterocycles. The van der Waals surface area contributed by atoms with Gasteiger partial charge in [-0.15, -0.1) is 11.8 Å². The molecule has 1 atom stereocenters. The van der Waals surface area contributed by atoms with E-state index in [0.717, 1.165) is 35.1 Å². The van der Waals surface area contributed by atoms with Gasteiger partial charge in [-0.2, -0.15) is 0 Å². The Balaban J connectivity index is 1.94. The number of ether oxygens (including phenoxy) is 2. The number of benzene rings is 1. The molecule has 0 amide bonds. The minimum absolute atomic E-state index is 0.384. The van der Waals surface area contributed by atoms with E-state index < -0.39 is 0 Å². The van der Waals surface area contributed by atoms with Crippen LogP contribution < -0.4 is 10.5 Å². The Morgan fingerprint density at radius 1 is 1.50 bits per heavy atom. The van der Waals surface area contributed by atoms with E-state index >= 15 is 0 Å². The maximum Gasteiger partial charge on any atom is 0.143 e. The van der Waals surface area contributed by atoms with Gasteiger partial charge in [-0.3, -0.25) is 0 Å². The molecule has 0 radical (unpaired) electrons. The number of nitrogens with two attached hydrogens (primary N) is 1. The molecule has 2 rings (SSSR count). The lowest BCUT2D eigenvalue weighted by Crippen LogP contribution is -2.08. The fourth-order valence-corrected chi connectivity index (χ4v) is 3.01. The Morgan fingerprint density at radius 3 is 3.11 bits per heavy atom. The van der Waals surface area contributed by atoms with E-state index in [1.165, 1.54) is 12.8 Å². The van der Waals surface area contributed by atoms with Crippen molar-refractivity contribution in [3.05, 3.63) is 18.2 Å². The lowest BCUT2D eigenvalue weighted by atomic mass is 10.3. The molecule has 0 aliphatic carbocycles. The predicted molar refractivity (Wildman–Crippen MR) is 76.3 cm³/mol. The molecule has 2 N–H and O–H groups in total. The topological polar surface area (TPSA) is 44.5 Å². The third kappa shape index (κ3) is 3.56. The zero-order chi connectivity index (χ0) is 12.8. The van der Waals surface area contributed by atoms with Gasteiger partial charge in [-0.25, -0.2) is 0 Å². The van der Waals surface area contributed by atoms with Crippen LogP contribution in [0.3, 0.4) is 0 Å². The Bertz CT molecular complexity index is 378. The van der Waals surface area contributed by atoms with Crippen molar-refractivity contribution in [2.24, 2.45) is 0 Å². The van der Waals surface area contributed by atoms with Gasteiger partial charge >= 0.3 is 0 Å². The first-order chi connectivity index (χ1) is 8.81. The highest BCUT2D eigenvalue weighted by atomic mass is 32.2. The van der Waals surface area contributed by atoms with Crippen molar-refractivity contribution >= 4 is 17.4 Å². The monoisotopic (exact) mass is 267 g/mol. The summed E-state index contributed by atoms with van der Waals surface area (Å²) >= 11 is 1.76. The van der Waals surface area contributed by atoms with Gasteiger partial charge in [-0.1, -0.05) is 13.0 Å². The lowest BCUT2D eigenvalue weighted by molar-refractivity contribution is 0.129. The summed E-state index contributed by atoms with van der Waals surface area (Å²) in [7, 11) is 0. The SMILES string of the molecule is CCCOc1cccc(SCC2CCCO2)c1N. The Morgan fingerprint density at radius 2 is 2.39 bits per heavy atom. The number of anilines is 1. The zero-order valence-corrected chi connectivity index (χ0v) is 11.7. The standard InChI is InChI=1S/C14H21NO2S/c1-2-8-17-12-6-3-7-13(14(12)15)18-10-11-5-4-9-16-11/h3,6-7,11H,2,4-5,8-10,15H2,1H3. The fourth-order valence-electron chi connectivity index (χ4n) is 1.95. The average molecular weight is 267 g/mol. The number of rotatable bonds is 6. The van der Waals surface area contributed by atoms with Gasteiger partial charge in [0.2, 0.25) is 0 Å². The van der Waals surface area contributed by atoms with E-state index in [2.05, 4.69) is 6.92 Å². The van der Waals surface area contributed by atoms with Gasteiger partial charge < -0.3 is 15.2 Å². The number of hydrogen-bond acceptors (Lipinski definition) is 4. The van der Waals surface area contributed by atoms with E-state index in [0.29, 0.717) is 12.7 Å². The van der Waals surface area contributed by atoms with Crippen molar-refractivity contribution < 1.29 is 9.47 Å². The van der Waals surface area contributed by atoms with E-state index in [1.54, 1.807) is 11.8 Å². The first-order valence-electron chi connectivity index (χ1n) is 6.57. The number of nitrogen functional groups attached to an aromatic ring is 1. The second-order valence-electron chi connectivity index (χ2n) is 4.46. The molecule has 1 aromatic carbocycles. The van der Waals surface area contributed by atoms with Crippen molar-refractivity contribution in [3.63, 3.8) is 0 Å². The largest absolute Gasteiger partial charge is 0.491 e. The van der Waals surface area contributed by atoms with Gasteiger partial charge in [0.25, 0.3) is 0 Å². The molecule has 0 saturated carbocycles. The van der Waals surface area contributed by atoms with E-state index in [-0.39, 0.29) is 0 Å². The smallest absolute Gasteiger partial charge is 0.143 e. The molecule has 1 saturated heterocycles. The van der Waals surface area contributed by atoms with Gasteiger partial charge in [0.15, 0.2) is 0 Å². The summed E-state index contributed by atoms with van der Waals surface area (Å²) in [4.78, 5) is 1.10. The minimum Gasteiger partial charge on any atom is -0.491 e. The first-order valence-corrected chi connectivity index (χ1v) is 7.55. The van der Waals surface area contributed by atoms with E-state index in [9.17, 15) is 0 Å². The van der Waals surface area contributed by atoms with Crippen LogP contribution in [0.2, 0.25) is 0 Å². The molecule has 18 heavy (non-hydrogen) atoms. The van der Waals surface area contributed by atoms with Crippen molar-refractivity contribution in [2.75, 3.05) is 24.7 Å².